The van der Waals surface area contributed by atoms with E-state index in [0.717, 1.165) is 12.3 Å². The maximum atomic E-state index is 9.75. The minimum atomic E-state index is -0.891. The number of carbonyl (C=O) groups excluding carboxylic acids is 1. The molecule has 12 heavy (non-hydrogen) atoms. The third-order valence-corrected chi connectivity index (χ3v) is 0.559. The van der Waals surface area contributed by atoms with Crippen LogP contribution in [0.15, 0.2) is 25.0 Å². The zero-order valence-electron chi connectivity index (χ0n) is 7.11. The number of carboxylic acid groups (broad SMARTS) is 1. The first-order chi connectivity index (χ1) is 5.54. The van der Waals surface area contributed by atoms with Gasteiger partial charge in [0.25, 0.3) is 0 Å². The van der Waals surface area contributed by atoms with Crippen molar-refractivity contribution in [3.63, 3.8) is 0 Å². The first-order valence-electron chi connectivity index (χ1n) is 3.18. The fourth-order valence-electron chi connectivity index (χ4n) is 0.260. The fourth-order valence-corrected chi connectivity index (χ4v) is 0.260. The number of carboxylic acids is 1. The van der Waals surface area contributed by atoms with Crippen LogP contribution in [0.1, 0.15) is 13.8 Å². The van der Waals surface area contributed by atoms with Gasteiger partial charge in [-0.2, -0.15) is 0 Å². The largest absolute Gasteiger partial charge is 0.478 e. The summed E-state index contributed by atoms with van der Waals surface area (Å²) < 4.78 is 4.17. The molecule has 0 aliphatic carbocycles. The molecule has 68 valence electrons. The van der Waals surface area contributed by atoms with Gasteiger partial charge in [-0.05, 0) is 6.92 Å². The van der Waals surface area contributed by atoms with Crippen LogP contribution in [0.2, 0.25) is 0 Å². The van der Waals surface area contributed by atoms with Gasteiger partial charge in [0.1, 0.15) is 0 Å². The van der Waals surface area contributed by atoms with Crippen LogP contribution < -0.4 is 0 Å². The average molecular weight is 172 g/mol. The molecule has 0 spiro atoms. The van der Waals surface area contributed by atoms with Crippen LogP contribution in [-0.4, -0.2) is 17.0 Å². The Balaban J connectivity index is 0. The maximum Gasteiger partial charge on any atom is 0.327 e. The second kappa shape index (κ2) is 9.42. The van der Waals surface area contributed by atoms with E-state index in [0.29, 0.717) is 0 Å². The molecule has 0 saturated carbocycles. The molecule has 0 atom stereocenters. The summed E-state index contributed by atoms with van der Waals surface area (Å²) in [5, 5.41) is 7.83. The predicted octanol–water partition coefficient (Wildman–Crippen LogP) is 1.34. The van der Waals surface area contributed by atoms with E-state index in [1.54, 1.807) is 6.92 Å². The lowest BCUT2D eigenvalue weighted by Crippen LogP contribution is -1.87. The number of allylic oxidation sites excluding steroid dienone is 1. The summed E-state index contributed by atoms with van der Waals surface area (Å²) in [5.41, 5.74) is 0. The standard InChI is InChI=1S/2C4H6O2/c1-3-6-4(2)5;1-2-3-4(5)6/h3H,1H2,2H3;2-3H,1H3,(H,5,6)/b;3-2+. The number of rotatable bonds is 2. The smallest absolute Gasteiger partial charge is 0.327 e. The van der Waals surface area contributed by atoms with E-state index in [1.165, 1.54) is 13.0 Å². The van der Waals surface area contributed by atoms with Crippen molar-refractivity contribution in [3.05, 3.63) is 25.0 Å². The van der Waals surface area contributed by atoms with Gasteiger partial charge < -0.3 is 9.84 Å². The molecule has 0 amide bonds. The van der Waals surface area contributed by atoms with Crippen molar-refractivity contribution in [3.8, 4) is 0 Å². The maximum absolute atomic E-state index is 9.75. The van der Waals surface area contributed by atoms with Crippen LogP contribution in [0.5, 0.6) is 0 Å². The third-order valence-electron chi connectivity index (χ3n) is 0.559. The van der Waals surface area contributed by atoms with Gasteiger partial charge in [0, 0.05) is 13.0 Å². The van der Waals surface area contributed by atoms with Crippen LogP contribution in [0.4, 0.5) is 0 Å². The summed E-state index contributed by atoms with van der Waals surface area (Å²) >= 11 is 0. The van der Waals surface area contributed by atoms with Gasteiger partial charge in [0.15, 0.2) is 0 Å². The SMILES string of the molecule is C/C=C/C(=O)O.C=COC(C)=O. The molecular weight excluding hydrogens is 160 g/mol. The normalized spacial score (nSPS) is 8.17. The van der Waals surface area contributed by atoms with Crippen LogP contribution in [-0.2, 0) is 14.3 Å². The average Bonchev–Trinajstić information content (AvgIpc) is 1.87. The molecule has 0 bridgehead atoms. The Morgan fingerprint density at radius 1 is 1.50 bits per heavy atom. The van der Waals surface area contributed by atoms with Crippen molar-refractivity contribution < 1.29 is 19.4 Å². The van der Waals surface area contributed by atoms with Gasteiger partial charge in [-0.3, -0.25) is 4.79 Å². The van der Waals surface area contributed by atoms with Gasteiger partial charge in [0.05, 0.1) is 6.26 Å². The Labute approximate surface area is 71.2 Å². The molecule has 0 rings (SSSR count). The van der Waals surface area contributed by atoms with Crippen LogP contribution in [0.3, 0.4) is 0 Å². The molecule has 0 heterocycles. The monoisotopic (exact) mass is 172 g/mol. The third kappa shape index (κ3) is 23.7. The molecule has 0 aromatic rings. The van der Waals surface area contributed by atoms with Gasteiger partial charge in [-0.1, -0.05) is 12.7 Å². The van der Waals surface area contributed by atoms with E-state index in [4.69, 9.17) is 5.11 Å². The molecule has 4 heteroatoms. The van der Waals surface area contributed by atoms with E-state index < -0.39 is 5.97 Å². The molecule has 0 aromatic heterocycles. The Morgan fingerprint density at radius 3 is 2.00 bits per heavy atom. The number of ether oxygens (including phenoxy) is 1. The second-order valence-electron chi connectivity index (χ2n) is 1.61. The topological polar surface area (TPSA) is 63.6 Å². The Kier molecular flexibility index (Phi) is 10.2. The highest BCUT2D eigenvalue weighted by molar-refractivity contribution is 5.79. The summed E-state index contributed by atoms with van der Waals surface area (Å²) in [6, 6.07) is 0. The van der Waals surface area contributed by atoms with E-state index in [1.807, 2.05) is 0 Å². The highest BCUT2D eigenvalue weighted by Crippen LogP contribution is 1.70. The summed E-state index contributed by atoms with van der Waals surface area (Å²) in [5.74, 6) is -1.22. The molecule has 0 aliphatic rings. The quantitative estimate of drug-likeness (QED) is 0.388. The van der Waals surface area contributed by atoms with Crippen molar-refractivity contribution >= 4 is 11.9 Å². The van der Waals surface area contributed by atoms with E-state index >= 15 is 0 Å². The number of aliphatic carboxylic acids is 1. The summed E-state index contributed by atoms with van der Waals surface area (Å²) in [6.45, 7) is 6.14. The lowest BCUT2D eigenvalue weighted by molar-refractivity contribution is -0.135. The Hall–Kier alpha value is -1.58. The molecule has 1 N–H and O–H groups in total. The first kappa shape index (κ1) is 13.0. The van der Waals surface area contributed by atoms with Crippen molar-refractivity contribution in [2.75, 3.05) is 0 Å². The van der Waals surface area contributed by atoms with Crippen molar-refractivity contribution in [2.45, 2.75) is 13.8 Å². The number of hydrogen-bond acceptors (Lipinski definition) is 3. The van der Waals surface area contributed by atoms with Crippen LogP contribution >= 0.6 is 0 Å². The molecular formula is C8H12O4. The zero-order chi connectivity index (χ0) is 9.98. The minimum Gasteiger partial charge on any atom is -0.478 e. The first-order valence-corrected chi connectivity index (χ1v) is 3.18. The van der Waals surface area contributed by atoms with Crippen molar-refractivity contribution in [1.82, 2.24) is 0 Å². The fraction of sp³-hybridized carbons (Fsp3) is 0.250. The van der Waals surface area contributed by atoms with Crippen molar-refractivity contribution in [2.24, 2.45) is 0 Å². The van der Waals surface area contributed by atoms with Gasteiger partial charge in [-0.15, -0.1) is 0 Å². The molecule has 0 fully saturated rings. The lowest BCUT2D eigenvalue weighted by atomic mass is 10.5. The second-order valence-corrected chi connectivity index (χ2v) is 1.61. The molecule has 0 aliphatic heterocycles. The molecule has 0 saturated heterocycles. The van der Waals surface area contributed by atoms with Gasteiger partial charge in [0.2, 0.25) is 0 Å². The summed E-state index contributed by atoms with van der Waals surface area (Å²) in [4.78, 5) is 19.3. The highest BCUT2D eigenvalue weighted by Gasteiger charge is 1.79. The van der Waals surface area contributed by atoms with Gasteiger partial charge >= 0.3 is 11.9 Å². The minimum absolute atomic E-state index is 0.329. The van der Waals surface area contributed by atoms with E-state index in [2.05, 4.69) is 11.3 Å². The van der Waals surface area contributed by atoms with E-state index in [-0.39, 0.29) is 5.97 Å². The molecule has 0 aromatic carbocycles. The number of esters is 1. The predicted molar refractivity (Wildman–Crippen MR) is 44.4 cm³/mol. The highest BCUT2D eigenvalue weighted by atomic mass is 16.5. The Morgan fingerprint density at radius 2 is 2.00 bits per heavy atom. The lowest BCUT2D eigenvalue weighted by Gasteiger charge is -1.83. The molecule has 0 radical (unpaired) electrons. The van der Waals surface area contributed by atoms with E-state index in [9.17, 15) is 9.59 Å². The summed E-state index contributed by atoms with van der Waals surface area (Å²) in [7, 11) is 0. The van der Waals surface area contributed by atoms with Crippen molar-refractivity contribution in [1.29, 1.82) is 0 Å². The zero-order valence-corrected chi connectivity index (χ0v) is 7.11. The van der Waals surface area contributed by atoms with Gasteiger partial charge in [-0.25, -0.2) is 4.79 Å². The Bertz CT molecular complexity index is 181. The van der Waals surface area contributed by atoms with Crippen LogP contribution in [0.25, 0.3) is 0 Å². The molecule has 4 nitrogen and oxygen atoms in total. The summed E-state index contributed by atoms with van der Waals surface area (Å²) in [6.07, 6.45) is 3.66. The van der Waals surface area contributed by atoms with Crippen LogP contribution in [0, 0.1) is 0 Å². The number of hydrogen-bond donors (Lipinski definition) is 1. The number of carbonyl (C=O) groups is 2. The molecule has 0 unspecified atom stereocenters.